The van der Waals surface area contributed by atoms with E-state index in [1.165, 1.54) is 10.5 Å². The van der Waals surface area contributed by atoms with Crippen LogP contribution < -0.4 is 10.2 Å². The molecular weight excluding hydrogens is 254 g/mol. The molecule has 0 fully saturated rings. The van der Waals surface area contributed by atoms with Gasteiger partial charge in [-0.25, -0.2) is 0 Å². The topological polar surface area (TPSA) is 53.9 Å². The Kier molecular flexibility index (Phi) is 5.70. The molecule has 0 aliphatic heterocycles. The van der Waals surface area contributed by atoms with Crippen LogP contribution in [0.25, 0.3) is 0 Å². The highest BCUT2D eigenvalue weighted by Gasteiger charge is 2.15. The zero-order chi connectivity index (χ0) is 15.3. The molecule has 0 aromatic heterocycles. The van der Waals surface area contributed by atoms with Crippen LogP contribution in [0, 0.1) is 13.8 Å². The molecule has 1 aromatic carbocycles. The number of quaternary nitrogens is 1. The molecule has 5 nitrogen and oxygen atoms in total. The lowest BCUT2D eigenvalue weighted by atomic mass is 10.1. The first-order valence-electron chi connectivity index (χ1n) is 6.68. The number of aryl methyl sites for hydroxylation is 2. The Bertz CT molecular complexity index is 498. The fourth-order valence-electron chi connectivity index (χ4n) is 1.78. The Hall–Kier alpha value is -1.88. The lowest BCUT2D eigenvalue weighted by Crippen LogP contribution is -3.11. The first-order chi connectivity index (χ1) is 9.29. The van der Waals surface area contributed by atoms with Gasteiger partial charge in [0.2, 0.25) is 0 Å². The summed E-state index contributed by atoms with van der Waals surface area (Å²) in [6.45, 7) is 4.63. The van der Waals surface area contributed by atoms with Crippen molar-refractivity contribution in [2.75, 3.05) is 39.5 Å². The number of carbonyl (C=O) groups is 2. The van der Waals surface area contributed by atoms with E-state index in [4.69, 9.17) is 0 Å². The first-order valence-corrected chi connectivity index (χ1v) is 6.68. The van der Waals surface area contributed by atoms with Gasteiger partial charge in [0.05, 0.1) is 7.05 Å². The van der Waals surface area contributed by atoms with Crippen molar-refractivity contribution in [2.24, 2.45) is 0 Å². The number of carbonyl (C=O) groups excluding carboxylic acids is 2. The van der Waals surface area contributed by atoms with Crippen LogP contribution in [0.1, 0.15) is 11.1 Å². The average molecular weight is 278 g/mol. The van der Waals surface area contributed by atoms with Gasteiger partial charge < -0.3 is 15.1 Å². The average Bonchev–Trinajstić information content (AvgIpc) is 2.33. The maximum atomic E-state index is 11.9. The molecule has 20 heavy (non-hydrogen) atoms. The third kappa shape index (κ3) is 5.01. The highest BCUT2D eigenvalue weighted by atomic mass is 16.2. The summed E-state index contributed by atoms with van der Waals surface area (Å²) in [7, 11) is 5.26. The van der Waals surface area contributed by atoms with E-state index in [0.29, 0.717) is 6.54 Å². The van der Waals surface area contributed by atoms with E-state index < -0.39 is 0 Å². The van der Waals surface area contributed by atoms with E-state index in [-0.39, 0.29) is 18.4 Å². The quantitative estimate of drug-likeness (QED) is 0.787. The monoisotopic (exact) mass is 278 g/mol. The lowest BCUT2D eigenvalue weighted by Gasteiger charge is -2.16. The van der Waals surface area contributed by atoms with Gasteiger partial charge in [-0.1, -0.05) is 6.07 Å². The van der Waals surface area contributed by atoms with E-state index in [2.05, 4.69) is 5.32 Å². The van der Waals surface area contributed by atoms with Crippen molar-refractivity contribution in [3.05, 3.63) is 29.3 Å². The number of hydrogen-bond donors (Lipinski definition) is 2. The van der Waals surface area contributed by atoms with Crippen LogP contribution in [0.4, 0.5) is 5.69 Å². The van der Waals surface area contributed by atoms with Gasteiger partial charge in [0, 0.05) is 19.8 Å². The van der Waals surface area contributed by atoms with Crippen LogP contribution in [0.5, 0.6) is 0 Å². The fraction of sp³-hybridized carbons (Fsp3) is 0.467. The minimum atomic E-state index is -0.0858. The second-order valence-corrected chi connectivity index (χ2v) is 5.45. The lowest BCUT2D eigenvalue weighted by molar-refractivity contribution is -0.862. The van der Waals surface area contributed by atoms with Crippen LogP contribution in [0.2, 0.25) is 0 Å². The first kappa shape index (κ1) is 16.2. The van der Waals surface area contributed by atoms with Gasteiger partial charge in [-0.2, -0.15) is 0 Å². The van der Waals surface area contributed by atoms with E-state index in [0.717, 1.165) is 16.2 Å². The standard InChI is InChI=1S/C15H23N3O2/c1-11-6-7-13(8-12(11)2)16-14(19)9-18(5)10-15(20)17(3)4/h6-8H,9-10H2,1-5H3,(H,16,19)/p+1. The zero-order valence-corrected chi connectivity index (χ0v) is 12.9. The van der Waals surface area contributed by atoms with Crippen LogP contribution >= 0.6 is 0 Å². The number of anilines is 1. The molecule has 1 aromatic rings. The van der Waals surface area contributed by atoms with Crippen molar-refractivity contribution < 1.29 is 14.5 Å². The van der Waals surface area contributed by atoms with Gasteiger partial charge in [-0.3, -0.25) is 9.59 Å². The van der Waals surface area contributed by atoms with Gasteiger partial charge in [0.15, 0.2) is 13.1 Å². The van der Waals surface area contributed by atoms with Crippen LogP contribution in [-0.4, -0.2) is 50.9 Å². The van der Waals surface area contributed by atoms with Crippen molar-refractivity contribution in [1.29, 1.82) is 0 Å². The van der Waals surface area contributed by atoms with Gasteiger partial charge >= 0.3 is 0 Å². The van der Waals surface area contributed by atoms with Crippen LogP contribution in [0.15, 0.2) is 18.2 Å². The van der Waals surface area contributed by atoms with Crippen molar-refractivity contribution in [3.63, 3.8) is 0 Å². The van der Waals surface area contributed by atoms with Crippen molar-refractivity contribution in [1.82, 2.24) is 4.90 Å². The largest absolute Gasteiger partial charge is 0.344 e. The molecule has 1 atom stereocenters. The molecule has 1 rings (SSSR count). The highest BCUT2D eigenvalue weighted by molar-refractivity contribution is 5.91. The minimum Gasteiger partial charge on any atom is -0.344 e. The van der Waals surface area contributed by atoms with Crippen molar-refractivity contribution in [3.8, 4) is 0 Å². The van der Waals surface area contributed by atoms with Crippen molar-refractivity contribution in [2.45, 2.75) is 13.8 Å². The summed E-state index contributed by atoms with van der Waals surface area (Å²) in [5, 5.41) is 2.86. The van der Waals surface area contributed by atoms with E-state index in [1.54, 1.807) is 14.1 Å². The normalized spacial score (nSPS) is 11.8. The van der Waals surface area contributed by atoms with E-state index >= 15 is 0 Å². The predicted octanol–water partition coefficient (Wildman–Crippen LogP) is -0.155. The second-order valence-electron chi connectivity index (χ2n) is 5.45. The second kappa shape index (κ2) is 7.05. The Morgan fingerprint density at radius 2 is 1.80 bits per heavy atom. The number of likely N-dealkylation sites (N-methyl/N-ethyl adjacent to an activating group) is 2. The van der Waals surface area contributed by atoms with Gasteiger partial charge in [-0.15, -0.1) is 0 Å². The SMILES string of the molecule is Cc1ccc(NC(=O)C[NH+](C)CC(=O)N(C)C)cc1C. The molecule has 0 saturated carbocycles. The van der Waals surface area contributed by atoms with E-state index in [9.17, 15) is 9.59 Å². The Morgan fingerprint density at radius 1 is 1.15 bits per heavy atom. The number of rotatable bonds is 5. The number of nitrogens with one attached hydrogen (secondary N) is 2. The van der Waals surface area contributed by atoms with E-state index in [1.807, 2.05) is 39.1 Å². The third-order valence-corrected chi connectivity index (χ3v) is 3.20. The predicted molar refractivity (Wildman–Crippen MR) is 79.9 cm³/mol. The minimum absolute atomic E-state index is 0.0153. The molecular formula is C15H24N3O2+. The number of benzene rings is 1. The molecule has 0 spiro atoms. The summed E-state index contributed by atoms with van der Waals surface area (Å²) in [5.41, 5.74) is 3.14. The molecule has 0 heterocycles. The highest BCUT2D eigenvalue weighted by Crippen LogP contribution is 2.13. The summed E-state index contributed by atoms with van der Waals surface area (Å²) in [5.74, 6) is -0.0706. The van der Waals surface area contributed by atoms with Gasteiger partial charge in [0.1, 0.15) is 0 Å². The van der Waals surface area contributed by atoms with Crippen LogP contribution in [-0.2, 0) is 9.59 Å². The molecule has 2 amide bonds. The zero-order valence-electron chi connectivity index (χ0n) is 12.9. The number of hydrogen-bond acceptors (Lipinski definition) is 2. The molecule has 1 unspecified atom stereocenters. The molecule has 5 heteroatoms. The molecule has 0 aliphatic carbocycles. The maximum absolute atomic E-state index is 11.9. The molecule has 0 aliphatic rings. The summed E-state index contributed by atoms with van der Waals surface area (Å²) in [6.07, 6.45) is 0. The molecule has 0 saturated heterocycles. The summed E-state index contributed by atoms with van der Waals surface area (Å²) >= 11 is 0. The Balaban J connectivity index is 2.50. The smallest absolute Gasteiger partial charge is 0.279 e. The summed E-state index contributed by atoms with van der Waals surface area (Å²) in [6, 6.07) is 5.82. The van der Waals surface area contributed by atoms with Gasteiger partial charge in [-0.05, 0) is 37.1 Å². The third-order valence-electron chi connectivity index (χ3n) is 3.20. The molecule has 2 N–H and O–H groups in total. The maximum Gasteiger partial charge on any atom is 0.279 e. The Morgan fingerprint density at radius 3 is 2.35 bits per heavy atom. The van der Waals surface area contributed by atoms with Crippen LogP contribution in [0.3, 0.4) is 0 Å². The fourth-order valence-corrected chi connectivity index (χ4v) is 1.78. The molecule has 110 valence electrons. The Labute approximate surface area is 120 Å². The number of amides is 2. The van der Waals surface area contributed by atoms with Gasteiger partial charge in [0.25, 0.3) is 11.8 Å². The van der Waals surface area contributed by atoms with Crippen molar-refractivity contribution >= 4 is 17.5 Å². The molecule has 0 radical (unpaired) electrons. The molecule has 0 bridgehead atoms. The summed E-state index contributed by atoms with van der Waals surface area (Å²) < 4.78 is 0. The number of nitrogens with zero attached hydrogens (tertiary/aromatic N) is 1. The summed E-state index contributed by atoms with van der Waals surface area (Å²) in [4.78, 5) is 25.9.